The molecule has 2 nitrogen and oxygen atoms in total. The van der Waals surface area contributed by atoms with Gasteiger partial charge in [0.25, 0.3) is 0 Å². The third-order valence-corrected chi connectivity index (χ3v) is 4.36. The first kappa shape index (κ1) is 12.5. The molecular weight excluding hydrogens is 186 g/mol. The third-order valence-electron chi connectivity index (χ3n) is 4.36. The summed E-state index contributed by atoms with van der Waals surface area (Å²) in [4.78, 5) is 0. The SMILES string of the molecule is CCC1CCCC(C#N)(C(C)(O)CC)C1. The predicted molar refractivity (Wildman–Crippen MR) is 61.2 cm³/mol. The maximum atomic E-state index is 10.4. The lowest BCUT2D eigenvalue weighted by Gasteiger charge is -2.45. The van der Waals surface area contributed by atoms with E-state index in [0.717, 1.165) is 25.7 Å². The molecule has 0 aromatic carbocycles. The van der Waals surface area contributed by atoms with Crippen LogP contribution in [-0.4, -0.2) is 10.7 Å². The summed E-state index contributed by atoms with van der Waals surface area (Å²) in [5, 5.41) is 19.8. The van der Waals surface area contributed by atoms with Crippen molar-refractivity contribution in [2.45, 2.75) is 64.9 Å². The lowest BCUT2D eigenvalue weighted by Crippen LogP contribution is -2.47. The van der Waals surface area contributed by atoms with E-state index in [-0.39, 0.29) is 0 Å². The molecule has 2 heteroatoms. The molecule has 0 aromatic rings. The summed E-state index contributed by atoms with van der Waals surface area (Å²) < 4.78 is 0. The van der Waals surface area contributed by atoms with Crippen LogP contribution in [0.1, 0.15) is 59.3 Å². The van der Waals surface area contributed by atoms with E-state index in [1.165, 1.54) is 6.42 Å². The topological polar surface area (TPSA) is 44.0 Å². The summed E-state index contributed by atoms with van der Waals surface area (Å²) in [6.07, 6.45) is 5.84. The number of aliphatic hydroxyl groups is 1. The maximum Gasteiger partial charge on any atom is 0.0860 e. The molecule has 0 amide bonds. The van der Waals surface area contributed by atoms with Crippen molar-refractivity contribution in [1.29, 1.82) is 5.26 Å². The number of nitrogens with zero attached hydrogens (tertiary/aromatic N) is 1. The quantitative estimate of drug-likeness (QED) is 0.775. The molecule has 0 spiro atoms. The van der Waals surface area contributed by atoms with Crippen LogP contribution in [0.2, 0.25) is 0 Å². The van der Waals surface area contributed by atoms with Gasteiger partial charge in [0.2, 0.25) is 0 Å². The zero-order chi connectivity index (χ0) is 11.5. The Kier molecular flexibility index (Phi) is 3.78. The van der Waals surface area contributed by atoms with Crippen LogP contribution in [0.4, 0.5) is 0 Å². The zero-order valence-corrected chi connectivity index (χ0v) is 10.2. The maximum absolute atomic E-state index is 10.4. The zero-order valence-electron chi connectivity index (χ0n) is 10.2. The average Bonchev–Trinajstić information content (AvgIpc) is 2.28. The smallest absolute Gasteiger partial charge is 0.0860 e. The number of hydrogen-bond acceptors (Lipinski definition) is 2. The van der Waals surface area contributed by atoms with E-state index in [9.17, 15) is 10.4 Å². The van der Waals surface area contributed by atoms with Gasteiger partial charge in [-0.15, -0.1) is 0 Å². The van der Waals surface area contributed by atoms with E-state index in [4.69, 9.17) is 0 Å². The Morgan fingerprint density at radius 3 is 2.67 bits per heavy atom. The van der Waals surface area contributed by atoms with Gasteiger partial charge in [-0.1, -0.05) is 33.1 Å². The van der Waals surface area contributed by atoms with E-state index >= 15 is 0 Å². The van der Waals surface area contributed by atoms with Crippen LogP contribution in [0.25, 0.3) is 0 Å². The molecule has 0 radical (unpaired) electrons. The first-order valence-electron chi connectivity index (χ1n) is 6.15. The van der Waals surface area contributed by atoms with Gasteiger partial charge in [0, 0.05) is 0 Å². The molecule has 1 aliphatic rings. The molecule has 1 rings (SSSR count). The Morgan fingerprint density at radius 2 is 2.20 bits per heavy atom. The summed E-state index contributed by atoms with van der Waals surface area (Å²) in [5.41, 5.74) is -1.32. The second kappa shape index (κ2) is 4.53. The molecule has 0 saturated heterocycles. The highest BCUT2D eigenvalue weighted by Crippen LogP contribution is 2.48. The van der Waals surface area contributed by atoms with E-state index in [2.05, 4.69) is 13.0 Å². The molecule has 3 unspecified atom stereocenters. The molecule has 3 atom stereocenters. The van der Waals surface area contributed by atoms with Crippen LogP contribution in [-0.2, 0) is 0 Å². The van der Waals surface area contributed by atoms with Crippen LogP contribution < -0.4 is 0 Å². The van der Waals surface area contributed by atoms with Gasteiger partial charge in [0.15, 0.2) is 0 Å². The first-order chi connectivity index (χ1) is 7.01. The van der Waals surface area contributed by atoms with Gasteiger partial charge in [0.05, 0.1) is 17.1 Å². The van der Waals surface area contributed by atoms with Crippen molar-refractivity contribution in [1.82, 2.24) is 0 Å². The summed E-state index contributed by atoms with van der Waals surface area (Å²) >= 11 is 0. The van der Waals surface area contributed by atoms with Gasteiger partial charge in [-0.3, -0.25) is 0 Å². The summed E-state index contributed by atoms with van der Waals surface area (Å²) in [7, 11) is 0. The minimum absolute atomic E-state index is 0.499. The molecule has 15 heavy (non-hydrogen) atoms. The molecule has 0 heterocycles. The van der Waals surface area contributed by atoms with Gasteiger partial charge in [-0.25, -0.2) is 0 Å². The Hall–Kier alpha value is -0.550. The largest absolute Gasteiger partial charge is 0.389 e. The van der Waals surface area contributed by atoms with Crippen LogP contribution in [0, 0.1) is 22.7 Å². The second-order valence-electron chi connectivity index (χ2n) is 5.19. The number of nitriles is 1. The second-order valence-corrected chi connectivity index (χ2v) is 5.19. The minimum Gasteiger partial charge on any atom is -0.389 e. The van der Waals surface area contributed by atoms with Crippen molar-refractivity contribution in [2.24, 2.45) is 11.3 Å². The van der Waals surface area contributed by atoms with Crippen molar-refractivity contribution in [3.8, 4) is 6.07 Å². The van der Waals surface area contributed by atoms with Crippen LogP contribution in [0.3, 0.4) is 0 Å². The average molecular weight is 209 g/mol. The highest BCUT2D eigenvalue weighted by atomic mass is 16.3. The molecular formula is C13H23NO. The molecule has 1 saturated carbocycles. The fraction of sp³-hybridized carbons (Fsp3) is 0.923. The highest BCUT2D eigenvalue weighted by Gasteiger charge is 2.48. The van der Waals surface area contributed by atoms with E-state index in [0.29, 0.717) is 12.3 Å². The first-order valence-corrected chi connectivity index (χ1v) is 6.15. The Balaban J connectivity index is 2.90. The van der Waals surface area contributed by atoms with Crippen LogP contribution >= 0.6 is 0 Å². The number of rotatable bonds is 3. The monoisotopic (exact) mass is 209 g/mol. The van der Waals surface area contributed by atoms with Gasteiger partial charge >= 0.3 is 0 Å². The highest BCUT2D eigenvalue weighted by molar-refractivity contribution is 5.11. The Labute approximate surface area is 93.3 Å². The predicted octanol–water partition coefficient (Wildman–Crippen LogP) is 3.26. The Bertz CT molecular complexity index is 254. The van der Waals surface area contributed by atoms with Crippen molar-refractivity contribution in [3.63, 3.8) is 0 Å². The van der Waals surface area contributed by atoms with E-state index in [1.54, 1.807) is 0 Å². The normalized spacial score (nSPS) is 35.5. The van der Waals surface area contributed by atoms with E-state index in [1.807, 2.05) is 13.8 Å². The van der Waals surface area contributed by atoms with Crippen molar-refractivity contribution < 1.29 is 5.11 Å². The molecule has 0 aliphatic heterocycles. The lowest BCUT2D eigenvalue weighted by atomic mass is 9.61. The van der Waals surface area contributed by atoms with Crippen LogP contribution in [0.15, 0.2) is 0 Å². The fourth-order valence-electron chi connectivity index (χ4n) is 2.79. The van der Waals surface area contributed by atoms with Gasteiger partial charge in [-0.05, 0) is 32.1 Å². The summed E-state index contributed by atoms with van der Waals surface area (Å²) in [6.45, 7) is 5.97. The van der Waals surface area contributed by atoms with Gasteiger partial charge < -0.3 is 5.11 Å². The van der Waals surface area contributed by atoms with Crippen molar-refractivity contribution in [3.05, 3.63) is 0 Å². The molecule has 0 bridgehead atoms. The molecule has 0 aromatic heterocycles. The summed E-state index contributed by atoms with van der Waals surface area (Å²) in [6, 6.07) is 2.42. The van der Waals surface area contributed by atoms with Crippen LogP contribution in [0.5, 0.6) is 0 Å². The lowest BCUT2D eigenvalue weighted by molar-refractivity contribution is -0.0702. The molecule has 1 aliphatic carbocycles. The number of hydrogen-bond donors (Lipinski definition) is 1. The summed E-state index contributed by atoms with van der Waals surface area (Å²) in [5.74, 6) is 0.622. The minimum atomic E-state index is -0.824. The fourth-order valence-corrected chi connectivity index (χ4v) is 2.79. The molecule has 1 N–H and O–H groups in total. The van der Waals surface area contributed by atoms with Crippen molar-refractivity contribution >= 4 is 0 Å². The molecule has 86 valence electrons. The van der Waals surface area contributed by atoms with Crippen molar-refractivity contribution in [2.75, 3.05) is 0 Å². The Morgan fingerprint density at radius 1 is 1.53 bits per heavy atom. The molecule has 1 fully saturated rings. The van der Waals surface area contributed by atoms with Gasteiger partial charge in [0.1, 0.15) is 0 Å². The van der Waals surface area contributed by atoms with E-state index < -0.39 is 11.0 Å². The third kappa shape index (κ3) is 2.18. The van der Waals surface area contributed by atoms with Gasteiger partial charge in [-0.2, -0.15) is 5.26 Å². The standard InChI is InChI=1S/C13H23NO/c1-4-11-7-6-8-13(9-11,10-14)12(3,15)5-2/h11,15H,4-9H2,1-3H3.